The van der Waals surface area contributed by atoms with Gasteiger partial charge in [0, 0.05) is 37.3 Å². The molecule has 0 aromatic heterocycles. The van der Waals surface area contributed by atoms with Crippen molar-refractivity contribution in [1.29, 1.82) is 0 Å². The minimum absolute atomic E-state index is 0.143. The molecule has 2 amide bonds. The fraction of sp³-hybridized carbons (Fsp3) is 0.529. The van der Waals surface area contributed by atoms with Crippen LogP contribution in [0.2, 0.25) is 0 Å². The Hall–Kier alpha value is -1.92. The highest BCUT2D eigenvalue weighted by Crippen LogP contribution is 2.08. The molecule has 4 N–H and O–H groups in total. The molecule has 1 aliphatic rings. The summed E-state index contributed by atoms with van der Waals surface area (Å²) in [4.78, 5) is 26.5. The summed E-state index contributed by atoms with van der Waals surface area (Å²) >= 11 is 0. The Morgan fingerprint density at radius 2 is 1.61 bits per heavy atom. The summed E-state index contributed by atoms with van der Waals surface area (Å²) in [6.07, 6.45) is 3.80. The van der Waals surface area contributed by atoms with E-state index in [0.717, 1.165) is 19.6 Å². The van der Waals surface area contributed by atoms with Gasteiger partial charge in [-0.25, -0.2) is 0 Å². The van der Waals surface area contributed by atoms with Crippen molar-refractivity contribution in [3.05, 3.63) is 35.4 Å². The minimum Gasteiger partial charge on any atom is -0.351 e. The van der Waals surface area contributed by atoms with Crippen LogP contribution in [-0.4, -0.2) is 56.0 Å². The Bertz CT molecular complexity index is 527. The SMILES string of the molecule is NCCNC(=O)c1cccc(C(=O)NCCN2CCCCC2)c1. The van der Waals surface area contributed by atoms with E-state index in [0.29, 0.717) is 30.8 Å². The van der Waals surface area contributed by atoms with Gasteiger partial charge in [-0.15, -0.1) is 0 Å². The zero-order chi connectivity index (χ0) is 16.5. The number of rotatable bonds is 7. The summed E-state index contributed by atoms with van der Waals surface area (Å²) in [7, 11) is 0. The van der Waals surface area contributed by atoms with E-state index in [-0.39, 0.29) is 11.8 Å². The van der Waals surface area contributed by atoms with Gasteiger partial charge in [0.25, 0.3) is 11.8 Å². The van der Waals surface area contributed by atoms with Gasteiger partial charge in [0.05, 0.1) is 0 Å². The highest BCUT2D eigenvalue weighted by atomic mass is 16.2. The van der Waals surface area contributed by atoms with Crippen molar-refractivity contribution in [2.75, 3.05) is 39.3 Å². The quantitative estimate of drug-likeness (QED) is 0.687. The van der Waals surface area contributed by atoms with Gasteiger partial charge >= 0.3 is 0 Å². The number of benzene rings is 1. The number of nitrogens with two attached hydrogens (primary N) is 1. The molecule has 0 spiro atoms. The molecule has 6 heteroatoms. The number of hydrogen-bond acceptors (Lipinski definition) is 4. The number of piperidine rings is 1. The molecule has 0 atom stereocenters. The molecule has 1 aromatic carbocycles. The number of nitrogens with zero attached hydrogens (tertiary/aromatic N) is 1. The van der Waals surface area contributed by atoms with Gasteiger partial charge in [0.1, 0.15) is 0 Å². The van der Waals surface area contributed by atoms with Crippen molar-refractivity contribution in [2.45, 2.75) is 19.3 Å². The molecule has 0 aliphatic carbocycles. The monoisotopic (exact) mass is 318 g/mol. The normalized spacial score (nSPS) is 15.2. The molecule has 126 valence electrons. The van der Waals surface area contributed by atoms with Crippen LogP contribution in [0.1, 0.15) is 40.0 Å². The summed E-state index contributed by atoms with van der Waals surface area (Å²) < 4.78 is 0. The molecule has 2 rings (SSSR count). The smallest absolute Gasteiger partial charge is 0.251 e. The molecule has 23 heavy (non-hydrogen) atoms. The first-order chi connectivity index (χ1) is 11.2. The zero-order valence-corrected chi connectivity index (χ0v) is 13.5. The Morgan fingerprint density at radius 1 is 1.00 bits per heavy atom. The van der Waals surface area contributed by atoms with Gasteiger partial charge in [-0.3, -0.25) is 9.59 Å². The summed E-state index contributed by atoms with van der Waals surface area (Å²) in [6.45, 7) is 4.55. The highest BCUT2D eigenvalue weighted by molar-refractivity contribution is 5.99. The standard InChI is InChI=1S/C17H26N4O2/c18-7-8-19-16(22)14-5-4-6-15(13-14)17(23)20-9-12-21-10-2-1-3-11-21/h4-6,13H,1-3,7-12,18H2,(H,19,22)(H,20,23). The predicted octanol–water partition coefficient (Wildman–Crippen LogP) is 0.591. The van der Waals surface area contributed by atoms with Crippen molar-refractivity contribution in [3.63, 3.8) is 0 Å². The molecule has 1 heterocycles. The van der Waals surface area contributed by atoms with E-state index in [4.69, 9.17) is 5.73 Å². The number of carbonyl (C=O) groups is 2. The maximum Gasteiger partial charge on any atom is 0.251 e. The maximum absolute atomic E-state index is 12.2. The van der Waals surface area contributed by atoms with E-state index in [9.17, 15) is 9.59 Å². The maximum atomic E-state index is 12.2. The first-order valence-electron chi connectivity index (χ1n) is 8.29. The van der Waals surface area contributed by atoms with Gasteiger partial charge in [0.15, 0.2) is 0 Å². The van der Waals surface area contributed by atoms with Gasteiger partial charge in [-0.05, 0) is 44.1 Å². The lowest BCUT2D eigenvalue weighted by atomic mass is 10.1. The van der Waals surface area contributed by atoms with E-state index < -0.39 is 0 Å². The second kappa shape index (κ2) is 9.27. The van der Waals surface area contributed by atoms with Crippen molar-refractivity contribution in [3.8, 4) is 0 Å². The molecule has 1 saturated heterocycles. The molecule has 1 aliphatic heterocycles. The summed E-state index contributed by atoms with van der Waals surface area (Å²) in [6, 6.07) is 6.74. The van der Waals surface area contributed by atoms with Crippen LogP contribution < -0.4 is 16.4 Å². The first-order valence-corrected chi connectivity index (χ1v) is 8.29. The second-order valence-corrected chi connectivity index (χ2v) is 5.78. The molecule has 0 radical (unpaired) electrons. The summed E-state index contributed by atoms with van der Waals surface area (Å²) in [5.74, 6) is -0.353. The van der Waals surface area contributed by atoms with Gasteiger partial charge in [-0.2, -0.15) is 0 Å². The molecule has 0 bridgehead atoms. The largest absolute Gasteiger partial charge is 0.351 e. The predicted molar refractivity (Wildman–Crippen MR) is 90.5 cm³/mol. The highest BCUT2D eigenvalue weighted by Gasteiger charge is 2.12. The van der Waals surface area contributed by atoms with Crippen molar-refractivity contribution >= 4 is 11.8 Å². The minimum atomic E-state index is -0.210. The van der Waals surface area contributed by atoms with Crippen LogP contribution in [0.15, 0.2) is 24.3 Å². The lowest BCUT2D eigenvalue weighted by Gasteiger charge is -2.26. The number of hydrogen-bond donors (Lipinski definition) is 3. The van der Waals surface area contributed by atoms with Crippen LogP contribution in [0.5, 0.6) is 0 Å². The second-order valence-electron chi connectivity index (χ2n) is 5.78. The Kier molecular flexibility index (Phi) is 7.03. The van der Waals surface area contributed by atoms with Crippen LogP contribution in [0.25, 0.3) is 0 Å². The molecule has 0 saturated carbocycles. The summed E-state index contributed by atoms with van der Waals surface area (Å²) in [5.41, 5.74) is 6.34. The van der Waals surface area contributed by atoms with Crippen molar-refractivity contribution in [1.82, 2.24) is 15.5 Å². The Labute approximate surface area is 137 Å². The fourth-order valence-corrected chi connectivity index (χ4v) is 2.70. The van der Waals surface area contributed by atoms with Crippen LogP contribution >= 0.6 is 0 Å². The van der Waals surface area contributed by atoms with E-state index in [2.05, 4.69) is 15.5 Å². The zero-order valence-electron chi connectivity index (χ0n) is 13.5. The van der Waals surface area contributed by atoms with Crippen LogP contribution in [0, 0.1) is 0 Å². The molecule has 1 fully saturated rings. The molecule has 0 unspecified atom stereocenters. The molecular formula is C17H26N4O2. The third-order valence-corrected chi connectivity index (χ3v) is 3.98. The van der Waals surface area contributed by atoms with Crippen LogP contribution in [0.4, 0.5) is 0 Å². The Balaban J connectivity index is 1.82. The first kappa shape index (κ1) is 17.4. The summed E-state index contributed by atoms with van der Waals surface area (Å²) in [5, 5.41) is 5.62. The molecular weight excluding hydrogens is 292 g/mol. The third kappa shape index (κ3) is 5.65. The van der Waals surface area contributed by atoms with Gasteiger partial charge in [0.2, 0.25) is 0 Å². The topological polar surface area (TPSA) is 87.5 Å². The van der Waals surface area contributed by atoms with E-state index in [1.165, 1.54) is 19.3 Å². The van der Waals surface area contributed by atoms with Gasteiger partial charge < -0.3 is 21.3 Å². The molecule has 6 nitrogen and oxygen atoms in total. The average Bonchev–Trinajstić information content (AvgIpc) is 2.60. The van der Waals surface area contributed by atoms with Crippen molar-refractivity contribution in [2.24, 2.45) is 5.73 Å². The van der Waals surface area contributed by atoms with Crippen LogP contribution in [0.3, 0.4) is 0 Å². The number of likely N-dealkylation sites (tertiary alicyclic amines) is 1. The van der Waals surface area contributed by atoms with E-state index in [1.54, 1.807) is 24.3 Å². The number of amides is 2. The lowest BCUT2D eigenvalue weighted by Crippen LogP contribution is -2.37. The average molecular weight is 318 g/mol. The van der Waals surface area contributed by atoms with Crippen LogP contribution in [-0.2, 0) is 0 Å². The lowest BCUT2D eigenvalue weighted by molar-refractivity contribution is 0.0946. The van der Waals surface area contributed by atoms with E-state index >= 15 is 0 Å². The van der Waals surface area contributed by atoms with Gasteiger partial charge in [-0.1, -0.05) is 12.5 Å². The number of nitrogens with one attached hydrogen (secondary N) is 2. The number of carbonyl (C=O) groups excluding carboxylic acids is 2. The molecule has 1 aromatic rings. The fourth-order valence-electron chi connectivity index (χ4n) is 2.70. The third-order valence-electron chi connectivity index (χ3n) is 3.98. The Morgan fingerprint density at radius 3 is 2.22 bits per heavy atom. The van der Waals surface area contributed by atoms with E-state index in [1.807, 2.05) is 0 Å². The van der Waals surface area contributed by atoms with Crippen molar-refractivity contribution < 1.29 is 9.59 Å².